The summed E-state index contributed by atoms with van der Waals surface area (Å²) in [6, 6.07) is 8.62. The van der Waals surface area contributed by atoms with Crippen LogP contribution < -0.4 is 14.5 Å². The number of hydrogen-bond acceptors (Lipinski definition) is 5. The number of nitrogens with one attached hydrogen (secondary N) is 1. The fourth-order valence-electron chi connectivity index (χ4n) is 3.97. The van der Waals surface area contributed by atoms with E-state index < -0.39 is 0 Å². The monoisotopic (exact) mass is 373 g/mol. The van der Waals surface area contributed by atoms with Crippen molar-refractivity contribution < 1.29 is 9.64 Å². The average Bonchev–Trinajstić information content (AvgIpc) is 3.16. The molecule has 3 rings (SSSR count). The molecule has 0 radical (unpaired) electrons. The first-order chi connectivity index (χ1) is 13.0. The van der Waals surface area contributed by atoms with E-state index in [0.717, 1.165) is 50.6 Å². The largest absolute Gasteiger partial charge is 0.495 e. The number of anilines is 1. The lowest BCUT2D eigenvalue weighted by Gasteiger charge is -2.38. The van der Waals surface area contributed by atoms with Crippen molar-refractivity contribution in [3.05, 3.63) is 30.1 Å². The molecule has 1 saturated heterocycles. The highest BCUT2D eigenvalue weighted by Gasteiger charge is 2.34. The second kappa shape index (κ2) is 8.25. The van der Waals surface area contributed by atoms with Gasteiger partial charge < -0.3 is 14.5 Å². The summed E-state index contributed by atoms with van der Waals surface area (Å²) >= 11 is 0. The highest BCUT2D eigenvalue weighted by Crippen LogP contribution is 2.27. The smallest absolute Gasteiger partial charge is 0.209 e. The van der Waals surface area contributed by atoms with Gasteiger partial charge in [0.1, 0.15) is 11.8 Å². The first-order valence-electron chi connectivity index (χ1n) is 9.97. The molecule has 1 aromatic carbocycles. The standard InChI is InChI=1S/C20H32N6O/c1-6-9-17(19-21-22-23-26(19)20(2,3)4)25-14-12-24(13-15-25)16-10-7-8-11-18(16)27-5/h7-8,10-11,17H,6,9,12-15H2,1-5H3/p+1/t17-/m0/s1. The lowest BCUT2D eigenvalue weighted by molar-refractivity contribution is -0.933. The van der Waals surface area contributed by atoms with Crippen LogP contribution in [0.3, 0.4) is 0 Å². The summed E-state index contributed by atoms with van der Waals surface area (Å²) in [6.45, 7) is 12.9. The number of benzene rings is 1. The van der Waals surface area contributed by atoms with Gasteiger partial charge in [-0.05, 0) is 43.3 Å². The number of aromatic nitrogens is 4. The van der Waals surface area contributed by atoms with Crippen LogP contribution >= 0.6 is 0 Å². The summed E-state index contributed by atoms with van der Waals surface area (Å²) in [5.41, 5.74) is 1.08. The maximum atomic E-state index is 5.55. The zero-order valence-corrected chi connectivity index (χ0v) is 17.3. The third-order valence-corrected chi connectivity index (χ3v) is 5.34. The Balaban J connectivity index is 1.76. The van der Waals surface area contributed by atoms with Gasteiger partial charge in [0, 0.05) is 6.42 Å². The Morgan fingerprint density at radius 1 is 1.19 bits per heavy atom. The molecule has 1 aliphatic rings. The van der Waals surface area contributed by atoms with Crippen LogP contribution in [0.2, 0.25) is 0 Å². The van der Waals surface area contributed by atoms with Crippen LogP contribution in [0.5, 0.6) is 5.75 Å². The minimum Gasteiger partial charge on any atom is -0.495 e. The molecule has 1 atom stereocenters. The molecule has 7 heteroatoms. The van der Waals surface area contributed by atoms with Gasteiger partial charge >= 0.3 is 0 Å². The van der Waals surface area contributed by atoms with Gasteiger partial charge in [0.2, 0.25) is 5.82 Å². The molecule has 0 amide bonds. The number of methoxy groups -OCH3 is 1. The summed E-state index contributed by atoms with van der Waals surface area (Å²) in [6.07, 6.45) is 2.22. The summed E-state index contributed by atoms with van der Waals surface area (Å²) in [5, 5.41) is 12.7. The minimum absolute atomic E-state index is 0.108. The zero-order valence-electron chi connectivity index (χ0n) is 17.3. The van der Waals surface area contributed by atoms with Crippen LogP contribution in [0.15, 0.2) is 24.3 Å². The van der Waals surface area contributed by atoms with Gasteiger partial charge in [-0.3, -0.25) is 0 Å². The van der Waals surface area contributed by atoms with Gasteiger partial charge in [0.15, 0.2) is 0 Å². The van der Waals surface area contributed by atoms with E-state index in [2.05, 4.69) is 60.3 Å². The molecule has 1 fully saturated rings. The predicted octanol–water partition coefficient (Wildman–Crippen LogP) is 1.68. The fraction of sp³-hybridized carbons (Fsp3) is 0.650. The van der Waals surface area contributed by atoms with Gasteiger partial charge in [-0.2, -0.15) is 0 Å². The minimum atomic E-state index is -0.108. The normalized spacial score (nSPS) is 17.1. The molecule has 1 aliphatic heterocycles. The lowest BCUT2D eigenvalue weighted by atomic mass is 10.0. The van der Waals surface area contributed by atoms with Crippen molar-refractivity contribution in [1.82, 2.24) is 20.2 Å². The number of tetrazole rings is 1. The van der Waals surface area contributed by atoms with Crippen molar-refractivity contribution in [2.75, 3.05) is 38.2 Å². The number of rotatable bonds is 6. The van der Waals surface area contributed by atoms with E-state index >= 15 is 0 Å². The lowest BCUT2D eigenvalue weighted by Crippen LogP contribution is -3.15. The van der Waals surface area contributed by atoms with Crippen molar-refractivity contribution in [2.24, 2.45) is 0 Å². The second-order valence-electron chi connectivity index (χ2n) is 8.28. The summed E-state index contributed by atoms with van der Waals surface area (Å²) in [4.78, 5) is 4.00. The first kappa shape index (κ1) is 19.6. The molecule has 2 heterocycles. The highest BCUT2D eigenvalue weighted by atomic mass is 16.5. The van der Waals surface area contributed by atoms with Crippen molar-refractivity contribution in [3.8, 4) is 5.75 Å². The van der Waals surface area contributed by atoms with Gasteiger partial charge in [-0.25, -0.2) is 4.68 Å². The molecule has 148 valence electrons. The fourth-order valence-corrected chi connectivity index (χ4v) is 3.97. The van der Waals surface area contributed by atoms with E-state index in [0.29, 0.717) is 6.04 Å². The maximum absolute atomic E-state index is 5.55. The van der Waals surface area contributed by atoms with E-state index in [-0.39, 0.29) is 5.54 Å². The average molecular weight is 374 g/mol. The summed E-state index contributed by atoms with van der Waals surface area (Å²) < 4.78 is 7.55. The van der Waals surface area contributed by atoms with Gasteiger partial charge in [-0.15, -0.1) is 5.10 Å². The number of hydrogen-bond donors (Lipinski definition) is 1. The van der Waals surface area contributed by atoms with Gasteiger partial charge in [0.25, 0.3) is 0 Å². The number of nitrogens with zero attached hydrogens (tertiary/aromatic N) is 5. The maximum Gasteiger partial charge on any atom is 0.209 e. The first-order valence-corrected chi connectivity index (χ1v) is 9.97. The molecular weight excluding hydrogens is 340 g/mol. The van der Waals surface area contributed by atoms with Gasteiger partial charge in [0.05, 0.1) is 44.5 Å². The van der Waals surface area contributed by atoms with Crippen molar-refractivity contribution in [3.63, 3.8) is 0 Å². The zero-order chi connectivity index (χ0) is 19.4. The van der Waals surface area contributed by atoms with E-state index in [1.165, 1.54) is 5.69 Å². The number of para-hydroxylation sites is 2. The number of quaternary nitrogens is 1. The van der Waals surface area contributed by atoms with Crippen LogP contribution in [-0.4, -0.2) is 53.5 Å². The Labute approximate surface area is 162 Å². The highest BCUT2D eigenvalue weighted by molar-refractivity contribution is 5.58. The predicted molar refractivity (Wildman–Crippen MR) is 106 cm³/mol. The topological polar surface area (TPSA) is 60.5 Å². The molecule has 0 saturated carbocycles. The van der Waals surface area contributed by atoms with E-state index in [1.807, 2.05) is 16.8 Å². The molecule has 7 nitrogen and oxygen atoms in total. The third-order valence-electron chi connectivity index (χ3n) is 5.34. The Hall–Kier alpha value is -2.15. The van der Waals surface area contributed by atoms with Crippen LogP contribution in [0, 0.1) is 0 Å². The third kappa shape index (κ3) is 4.24. The second-order valence-corrected chi connectivity index (χ2v) is 8.28. The Morgan fingerprint density at radius 2 is 1.89 bits per heavy atom. The van der Waals surface area contributed by atoms with E-state index in [1.54, 1.807) is 12.0 Å². The molecule has 27 heavy (non-hydrogen) atoms. The molecule has 2 aromatic rings. The van der Waals surface area contributed by atoms with Crippen molar-refractivity contribution in [1.29, 1.82) is 0 Å². The molecule has 1 aromatic heterocycles. The van der Waals surface area contributed by atoms with Crippen molar-refractivity contribution in [2.45, 2.75) is 52.1 Å². The summed E-state index contributed by atoms with van der Waals surface area (Å²) in [7, 11) is 1.74. The van der Waals surface area contributed by atoms with Crippen molar-refractivity contribution >= 4 is 5.69 Å². The van der Waals surface area contributed by atoms with Gasteiger partial charge in [-0.1, -0.05) is 25.5 Å². The summed E-state index contributed by atoms with van der Waals surface area (Å²) in [5.74, 6) is 1.97. The quantitative estimate of drug-likeness (QED) is 0.835. The molecular formula is C20H33N6O+. The molecule has 0 unspecified atom stereocenters. The van der Waals surface area contributed by atoms with Crippen LogP contribution in [0.1, 0.15) is 52.4 Å². The van der Waals surface area contributed by atoms with Crippen LogP contribution in [0.25, 0.3) is 0 Å². The van der Waals surface area contributed by atoms with Crippen LogP contribution in [0.4, 0.5) is 5.69 Å². The number of piperazine rings is 1. The molecule has 0 spiro atoms. The molecule has 0 aliphatic carbocycles. The number of ether oxygens (including phenoxy) is 1. The van der Waals surface area contributed by atoms with Crippen LogP contribution in [-0.2, 0) is 5.54 Å². The Morgan fingerprint density at radius 3 is 2.52 bits per heavy atom. The Bertz CT molecular complexity index is 730. The van der Waals surface area contributed by atoms with E-state index in [4.69, 9.17) is 4.74 Å². The molecule has 1 N–H and O–H groups in total. The van der Waals surface area contributed by atoms with E-state index in [9.17, 15) is 0 Å². The SMILES string of the molecule is CCC[C@@H](c1nnnn1C(C)(C)C)[NH+]1CCN(c2ccccc2OC)CC1. The Kier molecular flexibility index (Phi) is 5.99. The molecule has 0 bridgehead atoms.